The van der Waals surface area contributed by atoms with E-state index in [0.29, 0.717) is 24.1 Å². The molecule has 1 aromatic carbocycles. The van der Waals surface area contributed by atoms with E-state index in [-0.39, 0.29) is 35.5 Å². The zero-order chi connectivity index (χ0) is 15.7. The number of carbonyl (C=O) groups is 2. The Balaban J connectivity index is 1.49. The van der Waals surface area contributed by atoms with E-state index in [1.807, 2.05) is 31.2 Å². The summed E-state index contributed by atoms with van der Waals surface area (Å²) in [5.74, 6) is 2.32. The highest BCUT2D eigenvalue weighted by Gasteiger charge is 2.67. The topological polar surface area (TPSA) is 46.6 Å². The summed E-state index contributed by atoms with van der Waals surface area (Å²) in [7, 11) is 0. The van der Waals surface area contributed by atoms with Crippen LogP contribution < -0.4 is 9.64 Å². The number of imide groups is 1. The van der Waals surface area contributed by atoms with Crippen LogP contribution in [0, 0.1) is 35.5 Å². The average molecular weight is 309 g/mol. The van der Waals surface area contributed by atoms with E-state index in [1.165, 1.54) is 11.3 Å². The summed E-state index contributed by atoms with van der Waals surface area (Å²) in [5, 5.41) is 0. The molecule has 1 saturated heterocycles. The summed E-state index contributed by atoms with van der Waals surface area (Å²) in [6.45, 7) is 2.53. The normalized spacial score (nSPS) is 39.4. The first-order valence-corrected chi connectivity index (χ1v) is 8.49. The number of allylic oxidation sites excluding steroid dienone is 2. The molecule has 0 N–H and O–H groups in total. The van der Waals surface area contributed by atoms with Gasteiger partial charge in [0, 0.05) is 0 Å². The maximum atomic E-state index is 13.0. The fraction of sp³-hybridized carbons (Fsp3) is 0.474. The van der Waals surface area contributed by atoms with Gasteiger partial charge in [-0.3, -0.25) is 14.5 Å². The summed E-state index contributed by atoms with van der Waals surface area (Å²) in [4.78, 5) is 27.3. The van der Waals surface area contributed by atoms with E-state index in [1.54, 1.807) is 0 Å². The standard InChI is InChI=1S/C19H19NO3/c1-2-23-11-5-3-10(4-6-11)20-18(21)16-12-7-8-13(15-9-14(12)15)17(16)19(20)22/h3-8,12-17H,2,9H2,1H3/t12-,13-,14-,15+,16-,17+/m1/s1. The number of rotatable bonds is 3. The van der Waals surface area contributed by atoms with Crippen molar-refractivity contribution < 1.29 is 14.3 Å². The lowest BCUT2D eigenvalue weighted by Gasteiger charge is -2.37. The largest absolute Gasteiger partial charge is 0.494 e. The Morgan fingerprint density at radius 3 is 2.09 bits per heavy atom. The lowest BCUT2D eigenvalue weighted by molar-refractivity contribution is -0.124. The zero-order valence-corrected chi connectivity index (χ0v) is 13.0. The first-order chi connectivity index (χ1) is 11.2. The van der Waals surface area contributed by atoms with Gasteiger partial charge in [0.15, 0.2) is 0 Å². The Bertz CT molecular complexity index is 687. The van der Waals surface area contributed by atoms with E-state index >= 15 is 0 Å². The number of benzene rings is 1. The van der Waals surface area contributed by atoms with Gasteiger partial charge in [-0.15, -0.1) is 0 Å². The summed E-state index contributed by atoms with van der Waals surface area (Å²) >= 11 is 0. The second-order valence-electron chi connectivity index (χ2n) is 7.09. The summed E-state index contributed by atoms with van der Waals surface area (Å²) < 4.78 is 5.44. The Morgan fingerprint density at radius 2 is 1.57 bits per heavy atom. The summed E-state index contributed by atoms with van der Waals surface area (Å²) in [6.07, 6.45) is 5.60. The monoisotopic (exact) mass is 309 g/mol. The van der Waals surface area contributed by atoms with Crippen LogP contribution in [0.3, 0.4) is 0 Å². The lowest BCUT2D eigenvalue weighted by atomic mass is 9.63. The number of ether oxygens (including phenoxy) is 1. The van der Waals surface area contributed by atoms with Crippen molar-refractivity contribution in [1.82, 2.24) is 0 Å². The molecule has 0 aromatic heterocycles. The molecule has 4 aliphatic carbocycles. The van der Waals surface area contributed by atoms with Crippen molar-refractivity contribution in [3.8, 4) is 5.75 Å². The number of nitrogens with zero attached hydrogens (tertiary/aromatic N) is 1. The molecule has 2 amide bonds. The molecule has 1 aliphatic heterocycles. The van der Waals surface area contributed by atoms with Crippen molar-refractivity contribution >= 4 is 17.5 Å². The van der Waals surface area contributed by atoms with Crippen LogP contribution >= 0.6 is 0 Å². The summed E-state index contributed by atoms with van der Waals surface area (Å²) in [5.41, 5.74) is 0.672. The average Bonchev–Trinajstić information content (AvgIpc) is 3.34. The highest BCUT2D eigenvalue weighted by Crippen LogP contribution is 2.65. The predicted molar refractivity (Wildman–Crippen MR) is 84.8 cm³/mol. The van der Waals surface area contributed by atoms with Gasteiger partial charge >= 0.3 is 0 Å². The van der Waals surface area contributed by atoms with E-state index in [0.717, 1.165) is 5.75 Å². The van der Waals surface area contributed by atoms with Crippen molar-refractivity contribution in [3.63, 3.8) is 0 Å². The highest BCUT2D eigenvalue weighted by molar-refractivity contribution is 6.22. The van der Waals surface area contributed by atoms with Crippen molar-refractivity contribution in [2.24, 2.45) is 35.5 Å². The molecular formula is C19H19NO3. The van der Waals surface area contributed by atoms with Crippen molar-refractivity contribution in [3.05, 3.63) is 36.4 Å². The van der Waals surface area contributed by atoms with Gasteiger partial charge in [-0.1, -0.05) is 12.2 Å². The van der Waals surface area contributed by atoms with Crippen molar-refractivity contribution in [2.75, 3.05) is 11.5 Å². The van der Waals surface area contributed by atoms with Crippen LogP contribution in [-0.4, -0.2) is 18.4 Å². The molecule has 6 atom stereocenters. The Labute approximate surface area is 135 Å². The Hall–Kier alpha value is -2.10. The second kappa shape index (κ2) is 4.47. The first-order valence-electron chi connectivity index (χ1n) is 8.49. The van der Waals surface area contributed by atoms with Crippen LogP contribution in [0.4, 0.5) is 5.69 Å². The molecule has 2 bridgehead atoms. The van der Waals surface area contributed by atoms with Gasteiger partial charge in [-0.2, -0.15) is 0 Å². The third kappa shape index (κ3) is 1.66. The van der Waals surface area contributed by atoms with Gasteiger partial charge < -0.3 is 4.74 Å². The predicted octanol–water partition coefficient (Wildman–Crippen LogP) is 2.64. The second-order valence-corrected chi connectivity index (χ2v) is 7.09. The molecule has 3 fully saturated rings. The SMILES string of the molecule is CCOc1ccc(N2C(=O)[C@@H]3[C@@H]4C=C[C@H]([C@@H]5C[C@H]45)[C@@H]3C2=O)cc1. The molecule has 2 saturated carbocycles. The van der Waals surface area contributed by atoms with E-state index < -0.39 is 0 Å². The molecule has 0 spiro atoms. The lowest BCUT2D eigenvalue weighted by Crippen LogP contribution is -2.40. The van der Waals surface area contributed by atoms with Crippen LogP contribution in [0.2, 0.25) is 0 Å². The van der Waals surface area contributed by atoms with Gasteiger partial charge in [0.05, 0.1) is 24.1 Å². The maximum absolute atomic E-state index is 13.0. The van der Waals surface area contributed by atoms with Gasteiger partial charge in [0.2, 0.25) is 11.8 Å². The maximum Gasteiger partial charge on any atom is 0.238 e. The zero-order valence-electron chi connectivity index (χ0n) is 13.0. The number of hydrogen-bond donors (Lipinski definition) is 0. The van der Waals surface area contributed by atoms with Crippen LogP contribution in [0.25, 0.3) is 0 Å². The minimum absolute atomic E-state index is 0.00569. The number of carbonyl (C=O) groups excluding carboxylic acids is 2. The van der Waals surface area contributed by atoms with Gasteiger partial charge in [0.1, 0.15) is 5.75 Å². The van der Waals surface area contributed by atoms with Crippen molar-refractivity contribution in [2.45, 2.75) is 13.3 Å². The van der Waals surface area contributed by atoms with Gasteiger partial charge in [-0.05, 0) is 61.3 Å². The first kappa shape index (κ1) is 13.3. The van der Waals surface area contributed by atoms with Crippen LogP contribution in [-0.2, 0) is 9.59 Å². The molecule has 5 aliphatic rings. The van der Waals surface area contributed by atoms with Crippen LogP contribution in [0.15, 0.2) is 36.4 Å². The minimum Gasteiger partial charge on any atom is -0.494 e. The minimum atomic E-state index is -0.132. The van der Waals surface area contributed by atoms with Gasteiger partial charge in [0.25, 0.3) is 0 Å². The van der Waals surface area contributed by atoms with E-state index in [4.69, 9.17) is 4.74 Å². The molecule has 4 heteroatoms. The van der Waals surface area contributed by atoms with Gasteiger partial charge in [-0.25, -0.2) is 0 Å². The van der Waals surface area contributed by atoms with Crippen LogP contribution in [0.5, 0.6) is 5.75 Å². The fourth-order valence-electron chi connectivity index (χ4n) is 5.07. The molecule has 0 unspecified atom stereocenters. The fourth-order valence-corrected chi connectivity index (χ4v) is 5.07. The number of anilines is 1. The number of amides is 2. The third-order valence-electron chi connectivity index (χ3n) is 6.07. The smallest absolute Gasteiger partial charge is 0.238 e. The third-order valence-corrected chi connectivity index (χ3v) is 6.07. The highest BCUT2D eigenvalue weighted by atomic mass is 16.5. The van der Waals surface area contributed by atoms with E-state index in [2.05, 4.69) is 12.2 Å². The molecule has 6 rings (SSSR count). The molecule has 118 valence electrons. The van der Waals surface area contributed by atoms with E-state index in [9.17, 15) is 9.59 Å². The quantitative estimate of drug-likeness (QED) is 0.637. The molecule has 1 heterocycles. The number of hydrogen-bond acceptors (Lipinski definition) is 3. The molecule has 4 nitrogen and oxygen atoms in total. The summed E-state index contributed by atoms with van der Waals surface area (Å²) in [6, 6.07) is 7.28. The Kier molecular flexibility index (Phi) is 2.59. The molecule has 23 heavy (non-hydrogen) atoms. The Morgan fingerprint density at radius 1 is 1.00 bits per heavy atom. The van der Waals surface area contributed by atoms with Crippen molar-refractivity contribution in [1.29, 1.82) is 0 Å². The molecular weight excluding hydrogens is 290 g/mol. The van der Waals surface area contributed by atoms with Crippen LogP contribution in [0.1, 0.15) is 13.3 Å². The molecule has 0 radical (unpaired) electrons. The molecule has 1 aromatic rings.